The lowest BCUT2D eigenvalue weighted by Gasteiger charge is -2.15. The Morgan fingerprint density at radius 2 is 1.76 bits per heavy atom. The van der Waals surface area contributed by atoms with E-state index in [1.54, 1.807) is 6.07 Å². The molecule has 0 aromatic heterocycles. The van der Waals surface area contributed by atoms with E-state index in [9.17, 15) is 9.50 Å². The molecular formula is C19H17FO. The fourth-order valence-electron chi connectivity index (χ4n) is 2.80. The van der Waals surface area contributed by atoms with E-state index in [-0.39, 0.29) is 5.82 Å². The van der Waals surface area contributed by atoms with Gasteiger partial charge < -0.3 is 5.11 Å². The Bertz CT molecular complexity index is 774. The van der Waals surface area contributed by atoms with E-state index in [0.29, 0.717) is 6.42 Å². The molecule has 0 aliphatic rings. The maximum Gasteiger partial charge on any atom is 0.123 e. The highest BCUT2D eigenvalue weighted by Gasteiger charge is 2.13. The van der Waals surface area contributed by atoms with Gasteiger partial charge in [-0.2, -0.15) is 0 Å². The van der Waals surface area contributed by atoms with Crippen molar-refractivity contribution >= 4 is 10.8 Å². The van der Waals surface area contributed by atoms with Crippen molar-refractivity contribution in [1.29, 1.82) is 0 Å². The number of fused-ring (bicyclic) bond motifs is 1. The summed E-state index contributed by atoms with van der Waals surface area (Å²) >= 11 is 0. The van der Waals surface area contributed by atoms with Gasteiger partial charge in [-0.3, -0.25) is 0 Å². The zero-order valence-electron chi connectivity index (χ0n) is 11.9. The third-order valence-electron chi connectivity index (χ3n) is 3.88. The van der Waals surface area contributed by atoms with Crippen LogP contribution in [-0.2, 0) is 6.42 Å². The van der Waals surface area contributed by atoms with Crippen molar-refractivity contribution in [2.45, 2.75) is 19.4 Å². The van der Waals surface area contributed by atoms with E-state index in [4.69, 9.17) is 0 Å². The van der Waals surface area contributed by atoms with Crippen LogP contribution in [0.2, 0.25) is 0 Å². The molecule has 0 amide bonds. The van der Waals surface area contributed by atoms with Gasteiger partial charge in [-0.25, -0.2) is 4.39 Å². The van der Waals surface area contributed by atoms with Crippen LogP contribution in [0.1, 0.15) is 22.8 Å². The molecule has 0 bridgehead atoms. The number of hydrogen-bond donors (Lipinski definition) is 1. The number of benzene rings is 3. The first kappa shape index (κ1) is 13.8. The molecular weight excluding hydrogens is 263 g/mol. The predicted octanol–water partition coefficient (Wildman–Crippen LogP) is 4.56. The van der Waals surface area contributed by atoms with Crippen molar-refractivity contribution in [1.82, 2.24) is 0 Å². The van der Waals surface area contributed by atoms with Gasteiger partial charge in [0.05, 0.1) is 6.10 Å². The predicted molar refractivity (Wildman–Crippen MR) is 83.7 cm³/mol. The Labute approximate surface area is 123 Å². The third kappa shape index (κ3) is 2.81. The van der Waals surface area contributed by atoms with Gasteiger partial charge in [-0.05, 0) is 46.5 Å². The molecule has 0 aliphatic carbocycles. The van der Waals surface area contributed by atoms with E-state index < -0.39 is 6.10 Å². The molecule has 0 aliphatic heterocycles. The summed E-state index contributed by atoms with van der Waals surface area (Å²) in [5, 5.41) is 12.8. The molecule has 1 unspecified atom stereocenters. The number of aliphatic hydroxyl groups excluding tert-OH is 1. The van der Waals surface area contributed by atoms with Crippen LogP contribution < -0.4 is 0 Å². The molecule has 3 aromatic carbocycles. The molecule has 21 heavy (non-hydrogen) atoms. The lowest BCUT2D eigenvalue weighted by atomic mass is 9.94. The Morgan fingerprint density at radius 3 is 2.57 bits per heavy atom. The van der Waals surface area contributed by atoms with Gasteiger partial charge in [0.2, 0.25) is 0 Å². The highest BCUT2D eigenvalue weighted by Crippen LogP contribution is 2.26. The molecule has 1 atom stereocenters. The number of halogens is 1. The Morgan fingerprint density at radius 1 is 1.00 bits per heavy atom. The summed E-state index contributed by atoms with van der Waals surface area (Å²) in [7, 11) is 0. The van der Waals surface area contributed by atoms with Gasteiger partial charge in [-0.1, -0.05) is 48.5 Å². The minimum absolute atomic E-state index is 0.270. The first-order chi connectivity index (χ1) is 10.1. The molecule has 3 rings (SSSR count). The van der Waals surface area contributed by atoms with Crippen LogP contribution in [0.15, 0.2) is 60.7 Å². The topological polar surface area (TPSA) is 20.2 Å². The highest BCUT2D eigenvalue weighted by atomic mass is 19.1. The second kappa shape index (κ2) is 5.66. The zero-order valence-corrected chi connectivity index (χ0v) is 11.9. The molecule has 0 radical (unpaired) electrons. The minimum atomic E-state index is -0.628. The van der Waals surface area contributed by atoms with E-state index in [0.717, 1.165) is 27.5 Å². The Kier molecular flexibility index (Phi) is 3.72. The molecule has 0 heterocycles. The van der Waals surface area contributed by atoms with Gasteiger partial charge in [0.15, 0.2) is 0 Å². The van der Waals surface area contributed by atoms with E-state index >= 15 is 0 Å². The maximum absolute atomic E-state index is 13.2. The zero-order chi connectivity index (χ0) is 14.8. The van der Waals surface area contributed by atoms with Gasteiger partial charge in [0, 0.05) is 6.42 Å². The SMILES string of the molecule is Cc1cc(F)ccc1C(O)Cc1cccc2ccccc12. The number of aryl methyl sites for hydroxylation is 1. The first-order valence-electron chi connectivity index (χ1n) is 7.06. The van der Waals surface area contributed by atoms with Crippen LogP contribution in [0.25, 0.3) is 10.8 Å². The van der Waals surface area contributed by atoms with Crippen molar-refractivity contribution in [2.24, 2.45) is 0 Å². The van der Waals surface area contributed by atoms with E-state index in [1.165, 1.54) is 12.1 Å². The monoisotopic (exact) mass is 280 g/mol. The smallest absolute Gasteiger partial charge is 0.123 e. The average molecular weight is 280 g/mol. The second-order valence-corrected chi connectivity index (χ2v) is 5.36. The van der Waals surface area contributed by atoms with Crippen LogP contribution in [-0.4, -0.2) is 5.11 Å². The molecule has 106 valence electrons. The summed E-state index contributed by atoms with van der Waals surface area (Å²) < 4.78 is 13.2. The Balaban J connectivity index is 1.94. The van der Waals surface area contributed by atoms with Crippen LogP contribution in [0.3, 0.4) is 0 Å². The van der Waals surface area contributed by atoms with Gasteiger partial charge in [0.25, 0.3) is 0 Å². The van der Waals surface area contributed by atoms with Crippen LogP contribution in [0.4, 0.5) is 4.39 Å². The molecule has 2 heteroatoms. The molecule has 1 N–H and O–H groups in total. The first-order valence-corrected chi connectivity index (χ1v) is 7.06. The summed E-state index contributed by atoms with van der Waals surface area (Å²) in [6.07, 6.45) is -0.107. The lowest BCUT2D eigenvalue weighted by Crippen LogP contribution is -2.04. The summed E-state index contributed by atoms with van der Waals surface area (Å²) in [6.45, 7) is 1.82. The van der Waals surface area contributed by atoms with E-state index in [2.05, 4.69) is 18.2 Å². The van der Waals surface area contributed by atoms with Gasteiger partial charge >= 0.3 is 0 Å². The van der Waals surface area contributed by atoms with Gasteiger partial charge in [-0.15, -0.1) is 0 Å². The van der Waals surface area contributed by atoms with Crippen LogP contribution >= 0.6 is 0 Å². The summed E-state index contributed by atoms with van der Waals surface area (Å²) in [5.74, 6) is -0.270. The number of rotatable bonds is 3. The summed E-state index contributed by atoms with van der Waals surface area (Å²) in [6, 6.07) is 18.8. The number of aliphatic hydroxyl groups is 1. The van der Waals surface area contributed by atoms with Crippen LogP contribution in [0, 0.1) is 12.7 Å². The van der Waals surface area contributed by atoms with Crippen molar-refractivity contribution in [3.63, 3.8) is 0 Å². The Hall–Kier alpha value is -2.19. The molecule has 0 saturated heterocycles. The molecule has 0 saturated carbocycles. The van der Waals surface area contributed by atoms with E-state index in [1.807, 2.05) is 31.2 Å². The van der Waals surface area contributed by atoms with Crippen molar-refractivity contribution in [2.75, 3.05) is 0 Å². The molecule has 0 spiro atoms. The van der Waals surface area contributed by atoms with Crippen molar-refractivity contribution < 1.29 is 9.50 Å². The summed E-state index contributed by atoms with van der Waals surface area (Å²) in [5.41, 5.74) is 2.66. The molecule has 1 nitrogen and oxygen atoms in total. The highest BCUT2D eigenvalue weighted by molar-refractivity contribution is 5.85. The fraction of sp³-hybridized carbons (Fsp3) is 0.158. The number of hydrogen-bond acceptors (Lipinski definition) is 1. The second-order valence-electron chi connectivity index (χ2n) is 5.36. The summed E-state index contributed by atoms with van der Waals surface area (Å²) in [4.78, 5) is 0. The normalized spacial score (nSPS) is 12.5. The molecule has 0 fully saturated rings. The van der Waals surface area contributed by atoms with Crippen molar-refractivity contribution in [3.05, 3.63) is 83.2 Å². The fourth-order valence-corrected chi connectivity index (χ4v) is 2.80. The van der Waals surface area contributed by atoms with Crippen LogP contribution in [0.5, 0.6) is 0 Å². The standard InChI is InChI=1S/C19H17FO/c1-13-11-16(20)9-10-17(13)19(21)12-15-7-4-6-14-5-2-3-8-18(14)15/h2-11,19,21H,12H2,1H3. The van der Waals surface area contributed by atoms with Gasteiger partial charge in [0.1, 0.15) is 5.82 Å². The third-order valence-corrected chi connectivity index (χ3v) is 3.88. The largest absolute Gasteiger partial charge is 0.388 e. The minimum Gasteiger partial charge on any atom is -0.388 e. The van der Waals surface area contributed by atoms with Crippen molar-refractivity contribution in [3.8, 4) is 0 Å². The molecule has 3 aromatic rings. The lowest BCUT2D eigenvalue weighted by molar-refractivity contribution is 0.178. The average Bonchev–Trinajstić information content (AvgIpc) is 2.47. The quantitative estimate of drug-likeness (QED) is 0.745. The maximum atomic E-state index is 13.2.